The number of carbonyl (C=O) groups is 1. The van der Waals surface area contributed by atoms with Gasteiger partial charge in [0.15, 0.2) is 11.6 Å². The van der Waals surface area contributed by atoms with Gasteiger partial charge in [0.1, 0.15) is 5.75 Å². The molecule has 0 radical (unpaired) electrons. The van der Waals surface area contributed by atoms with E-state index in [9.17, 15) is 13.6 Å². The number of rotatable bonds is 23. The number of esters is 1. The van der Waals surface area contributed by atoms with Crippen molar-refractivity contribution >= 4 is 5.97 Å². The highest BCUT2D eigenvalue weighted by Crippen LogP contribution is 2.29. The van der Waals surface area contributed by atoms with E-state index in [1.54, 1.807) is 36.5 Å². The standard InChI is InChI=1S/C40H55F2NO3/c1-4-6-8-9-10-11-12-13-14-15-16-17-19-29-45-38-27-23-33(30-36(38)41)37-26-22-34(31-43-37)32-20-24-35(25-21-32)46-39(44)40(3,42)28-18-7-5-2/h20-27,30-31H,4-19,28-29H2,1-3H3/t40-/m0/s1. The Bertz CT molecular complexity index is 1270. The highest BCUT2D eigenvalue weighted by Gasteiger charge is 2.34. The largest absolute Gasteiger partial charge is 0.491 e. The molecular formula is C40H55F2NO3. The summed E-state index contributed by atoms with van der Waals surface area (Å²) in [6.07, 6.45) is 21.1. The summed E-state index contributed by atoms with van der Waals surface area (Å²) in [5.41, 5.74) is 1.04. The summed E-state index contributed by atoms with van der Waals surface area (Å²) in [5.74, 6) is -0.692. The quantitative estimate of drug-likeness (QED) is 0.0591. The lowest BCUT2D eigenvalue weighted by molar-refractivity contribution is -0.147. The van der Waals surface area contributed by atoms with Crippen molar-refractivity contribution in [2.24, 2.45) is 0 Å². The number of hydrogen-bond donors (Lipinski definition) is 0. The van der Waals surface area contributed by atoms with Gasteiger partial charge < -0.3 is 9.47 Å². The first-order valence-electron chi connectivity index (χ1n) is 17.7. The Hall–Kier alpha value is -3.28. The van der Waals surface area contributed by atoms with Crippen LogP contribution in [0.3, 0.4) is 0 Å². The Morgan fingerprint density at radius 3 is 1.80 bits per heavy atom. The molecule has 0 fully saturated rings. The van der Waals surface area contributed by atoms with Crippen LogP contribution in [0, 0.1) is 5.82 Å². The van der Waals surface area contributed by atoms with Crippen LogP contribution in [0.4, 0.5) is 8.78 Å². The molecule has 0 saturated carbocycles. The number of alkyl halides is 1. The number of pyridine rings is 1. The molecule has 1 heterocycles. The number of nitrogens with zero attached hydrogens (tertiary/aromatic N) is 1. The second kappa shape index (κ2) is 20.8. The van der Waals surface area contributed by atoms with Crippen molar-refractivity contribution in [3.05, 3.63) is 66.6 Å². The van der Waals surface area contributed by atoms with E-state index in [1.165, 1.54) is 83.6 Å². The summed E-state index contributed by atoms with van der Waals surface area (Å²) in [4.78, 5) is 16.9. The maximum absolute atomic E-state index is 14.8. The van der Waals surface area contributed by atoms with E-state index in [0.717, 1.165) is 36.8 Å². The maximum atomic E-state index is 14.8. The molecule has 0 amide bonds. The van der Waals surface area contributed by atoms with Crippen molar-refractivity contribution in [3.8, 4) is 33.9 Å². The van der Waals surface area contributed by atoms with Crippen molar-refractivity contribution in [2.75, 3.05) is 6.61 Å². The molecule has 1 atom stereocenters. The predicted octanol–water partition coefficient (Wildman–Crippen LogP) is 12.2. The average molecular weight is 636 g/mol. The molecule has 0 bridgehead atoms. The van der Waals surface area contributed by atoms with Gasteiger partial charge in [0, 0.05) is 17.3 Å². The number of unbranched alkanes of at least 4 members (excludes halogenated alkanes) is 14. The monoisotopic (exact) mass is 635 g/mol. The second-order valence-corrected chi connectivity index (χ2v) is 12.7. The summed E-state index contributed by atoms with van der Waals surface area (Å²) in [7, 11) is 0. The highest BCUT2D eigenvalue weighted by atomic mass is 19.1. The first-order chi connectivity index (χ1) is 22.3. The van der Waals surface area contributed by atoms with Gasteiger partial charge in [-0.05, 0) is 68.1 Å². The zero-order valence-corrected chi connectivity index (χ0v) is 28.4. The molecule has 0 N–H and O–H groups in total. The van der Waals surface area contributed by atoms with Crippen molar-refractivity contribution < 1.29 is 23.0 Å². The molecule has 252 valence electrons. The van der Waals surface area contributed by atoms with Gasteiger partial charge in [-0.25, -0.2) is 13.6 Å². The Morgan fingerprint density at radius 1 is 0.696 bits per heavy atom. The number of ether oxygens (including phenoxy) is 2. The van der Waals surface area contributed by atoms with Gasteiger partial charge in [-0.15, -0.1) is 0 Å². The van der Waals surface area contributed by atoms with Crippen LogP contribution in [0.25, 0.3) is 22.4 Å². The molecule has 0 aliphatic heterocycles. The fraction of sp³-hybridized carbons (Fsp3) is 0.550. The van der Waals surface area contributed by atoms with Gasteiger partial charge in [-0.2, -0.15) is 0 Å². The van der Waals surface area contributed by atoms with Crippen molar-refractivity contribution in [2.45, 2.75) is 136 Å². The van der Waals surface area contributed by atoms with Crippen LogP contribution >= 0.6 is 0 Å². The van der Waals surface area contributed by atoms with E-state index < -0.39 is 17.5 Å². The first-order valence-corrected chi connectivity index (χ1v) is 17.7. The molecule has 46 heavy (non-hydrogen) atoms. The van der Waals surface area contributed by atoms with Crippen LogP contribution in [0.1, 0.15) is 130 Å². The summed E-state index contributed by atoms with van der Waals surface area (Å²) < 4.78 is 40.6. The summed E-state index contributed by atoms with van der Waals surface area (Å²) >= 11 is 0. The number of aromatic nitrogens is 1. The Kier molecular flexibility index (Phi) is 16.8. The molecule has 4 nitrogen and oxygen atoms in total. The average Bonchev–Trinajstić information content (AvgIpc) is 3.06. The number of hydrogen-bond acceptors (Lipinski definition) is 4. The molecule has 1 aromatic heterocycles. The minimum Gasteiger partial charge on any atom is -0.491 e. The zero-order chi connectivity index (χ0) is 33.0. The van der Waals surface area contributed by atoms with Gasteiger partial charge in [0.25, 0.3) is 0 Å². The van der Waals surface area contributed by atoms with E-state index in [-0.39, 0.29) is 12.2 Å². The molecule has 0 spiro atoms. The summed E-state index contributed by atoms with van der Waals surface area (Å²) in [5, 5.41) is 0. The van der Waals surface area contributed by atoms with Crippen LogP contribution in [0.2, 0.25) is 0 Å². The van der Waals surface area contributed by atoms with E-state index >= 15 is 0 Å². The Labute approximate surface area is 276 Å². The lowest BCUT2D eigenvalue weighted by Crippen LogP contribution is -2.34. The van der Waals surface area contributed by atoms with Crippen molar-refractivity contribution in [1.29, 1.82) is 0 Å². The summed E-state index contributed by atoms with van der Waals surface area (Å²) in [6, 6.07) is 15.6. The van der Waals surface area contributed by atoms with Gasteiger partial charge in [0.2, 0.25) is 5.67 Å². The lowest BCUT2D eigenvalue weighted by Gasteiger charge is -2.18. The molecule has 2 aromatic carbocycles. The van der Waals surface area contributed by atoms with Crippen LogP contribution in [-0.4, -0.2) is 23.2 Å². The van der Waals surface area contributed by atoms with Gasteiger partial charge in [-0.3, -0.25) is 4.98 Å². The molecule has 0 saturated heterocycles. The molecule has 3 rings (SSSR count). The normalized spacial score (nSPS) is 12.5. The number of halogens is 2. The van der Waals surface area contributed by atoms with Crippen LogP contribution in [-0.2, 0) is 4.79 Å². The highest BCUT2D eigenvalue weighted by molar-refractivity contribution is 5.81. The fourth-order valence-electron chi connectivity index (χ4n) is 5.55. The maximum Gasteiger partial charge on any atom is 0.348 e. The summed E-state index contributed by atoms with van der Waals surface area (Å²) in [6.45, 7) is 6.09. The Morgan fingerprint density at radius 2 is 1.24 bits per heavy atom. The van der Waals surface area contributed by atoms with Gasteiger partial charge in [-0.1, -0.05) is 122 Å². The SMILES string of the molecule is CCCCCCCCCCCCCCCOc1ccc(-c2ccc(-c3ccc(OC(=O)[C@@](C)(F)CCCCC)cc3)cn2)cc1F. The van der Waals surface area contributed by atoms with Crippen molar-refractivity contribution in [3.63, 3.8) is 0 Å². The van der Waals surface area contributed by atoms with E-state index in [4.69, 9.17) is 9.47 Å². The van der Waals surface area contributed by atoms with Crippen LogP contribution in [0.15, 0.2) is 60.8 Å². The third-order valence-electron chi connectivity index (χ3n) is 8.57. The van der Waals surface area contributed by atoms with Crippen molar-refractivity contribution in [1.82, 2.24) is 4.98 Å². The van der Waals surface area contributed by atoms with Crippen LogP contribution in [0.5, 0.6) is 11.5 Å². The predicted molar refractivity (Wildman–Crippen MR) is 186 cm³/mol. The van der Waals surface area contributed by atoms with Crippen LogP contribution < -0.4 is 9.47 Å². The smallest absolute Gasteiger partial charge is 0.348 e. The lowest BCUT2D eigenvalue weighted by atomic mass is 10.0. The topological polar surface area (TPSA) is 48.4 Å². The molecule has 0 aliphatic rings. The third-order valence-corrected chi connectivity index (χ3v) is 8.57. The third kappa shape index (κ3) is 13.2. The van der Waals surface area contributed by atoms with E-state index in [0.29, 0.717) is 30.0 Å². The molecule has 0 aliphatic carbocycles. The minimum absolute atomic E-state index is 0.148. The number of benzene rings is 2. The Balaban J connectivity index is 1.37. The molecule has 3 aromatic rings. The number of carbonyl (C=O) groups excluding carboxylic acids is 1. The molecular weight excluding hydrogens is 580 g/mol. The fourth-order valence-corrected chi connectivity index (χ4v) is 5.55. The molecule has 0 unspecified atom stereocenters. The van der Waals surface area contributed by atoms with Gasteiger partial charge in [0.05, 0.1) is 12.3 Å². The van der Waals surface area contributed by atoms with Gasteiger partial charge >= 0.3 is 5.97 Å². The van der Waals surface area contributed by atoms with E-state index in [2.05, 4.69) is 11.9 Å². The zero-order valence-electron chi connectivity index (χ0n) is 28.4. The second-order valence-electron chi connectivity index (χ2n) is 12.7. The minimum atomic E-state index is -2.01. The van der Waals surface area contributed by atoms with E-state index in [1.807, 2.05) is 25.1 Å². The molecule has 6 heteroatoms. The first kappa shape index (κ1) is 37.2.